The number of ketones is 1. The molecule has 0 saturated carbocycles. The van der Waals surface area contributed by atoms with Crippen LogP contribution in [0.1, 0.15) is 40.0 Å². The quantitative estimate of drug-likeness (QED) is 0.441. The van der Waals surface area contributed by atoms with Gasteiger partial charge in [-0.25, -0.2) is 4.89 Å². The first-order valence-corrected chi connectivity index (χ1v) is 6.72. The lowest BCUT2D eigenvalue weighted by molar-refractivity contribution is -0.270. The summed E-state index contributed by atoms with van der Waals surface area (Å²) in [4.78, 5) is 16.3. The van der Waals surface area contributed by atoms with Crippen molar-refractivity contribution >= 4 is 5.78 Å². The fraction of sp³-hybridized carbons (Fsp3) is 0.667. The molecule has 1 aliphatic carbocycles. The largest absolute Gasteiger partial charge is 0.389 e. The summed E-state index contributed by atoms with van der Waals surface area (Å²) in [5.41, 5.74) is 1.51. The Hall–Kier alpha value is -0.970. The lowest BCUT2D eigenvalue weighted by Gasteiger charge is -2.29. The van der Waals surface area contributed by atoms with E-state index in [1.165, 1.54) is 0 Å². The van der Waals surface area contributed by atoms with Crippen molar-refractivity contribution in [2.75, 3.05) is 0 Å². The maximum atomic E-state index is 12.0. The molecular weight excluding hydrogens is 244 g/mol. The highest BCUT2D eigenvalue weighted by Crippen LogP contribution is 2.30. The van der Waals surface area contributed by atoms with Crippen molar-refractivity contribution in [3.63, 3.8) is 0 Å². The van der Waals surface area contributed by atoms with Crippen LogP contribution in [-0.2, 0) is 9.68 Å². The van der Waals surface area contributed by atoms with E-state index in [-0.39, 0.29) is 23.7 Å². The Balaban J connectivity index is 2.57. The molecule has 0 saturated heterocycles. The average molecular weight is 268 g/mol. The van der Waals surface area contributed by atoms with Crippen LogP contribution in [-0.4, -0.2) is 28.4 Å². The highest BCUT2D eigenvalue weighted by Gasteiger charge is 2.31. The van der Waals surface area contributed by atoms with E-state index in [0.29, 0.717) is 12.8 Å². The molecule has 0 fully saturated rings. The van der Waals surface area contributed by atoms with Crippen LogP contribution in [0.3, 0.4) is 0 Å². The molecule has 0 heterocycles. The molecular formula is C15H24O4. The topological polar surface area (TPSA) is 66.8 Å². The third-order valence-corrected chi connectivity index (χ3v) is 3.99. The molecule has 0 radical (unpaired) electrons. The number of carbonyl (C=O) groups excluding carboxylic acids is 1. The first kappa shape index (κ1) is 16.1. The normalized spacial score (nSPS) is 26.8. The predicted octanol–water partition coefficient (Wildman–Crippen LogP) is 2.73. The third-order valence-electron chi connectivity index (χ3n) is 3.99. The van der Waals surface area contributed by atoms with Crippen LogP contribution in [0.15, 0.2) is 23.8 Å². The zero-order valence-electron chi connectivity index (χ0n) is 11.9. The second-order valence-electron chi connectivity index (χ2n) is 5.64. The molecule has 0 amide bonds. The molecule has 0 aromatic carbocycles. The van der Waals surface area contributed by atoms with Crippen LogP contribution < -0.4 is 0 Å². The van der Waals surface area contributed by atoms with Gasteiger partial charge in [0, 0.05) is 5.92 Å². The fourth-order valence-electron chi connectivity index (χ4n) is 2.49. The van der Waals surface area contributed by atoms with Crippen molar-refractivity contribution in [3.05, 3.63) is 23.8 Å². The van der Waals surface area contributed by atoms with Gasteiger partial charge in [-0.2, -0.15) is 0 Å². The van der Waals surface area contributed by atoms with Crippen LogP contribution in [0.4, 0.5) is 0 Å². The molecule has 4 unspecified atom stereocenters. The van der Waals surface area contributed by atoms with Crippen molar-refractivity contribution in [3.8, 4) is 0 Å². The van der Waals surface area contributed by atoms with E-state index in [1.807, 2.05) is 6.92 Å². The second-order valence-corrected chi connectivity index (χ2v) is 5.64. The minimum Gasteiger partial charge on any atom is -0.389 e. The molecule has 4 nitrogen and oxygen atoms in total. The SMILES string of the molecule is C=C(C)C(CCC(C)C1CC(O)C(C)=CC1=O)OO. The monoisotopic (exact) mass is 268 g/mol. The van der Waals surface area contributed by atoms with Crippen molar-refractivity contribution in [2.24, 2.45) is 11.8 Å². The summed E-state index contributed by atoms with van der Waals surface area (Å²) in [6.07, 6.45) is 2.50. The van der Waals surface area contributed by atoms with Gasteiger partial charge in [0.15, 0.2) is 5.78 Å². The summed E-state index contributed by atoms with van der Waals surface area (Å²) in [6.45, 7) is 9.33. The number of rotatable bonds is 6. The minimum absolute atomic E-state index is 0.0899. The van der Waals surface area contributed by atoms with Crippen LogP contribution >= 0.6 is 0 Å². The lowest BCUT2D eigenvalue weighted by Crippen LogP contribution is -2.31. The molecule has 108 valence electrons. The summed E-state index contributed by atoms with van der Waals surface area (Å²) >= 11 is 0. The van der Waals surface area contributed by atoms with Gasteiger partial charge >= 0.3 is 0 Å². The molecule has 0 aromatic heterocycles. The van der Waals surface area contributed by atoms with Gasteiger partial charge in [0.25, 0.3) is 0 Å². The van der Waals surface area contributed by atoms with E-state index in [2.05, 4.69) is 11.5 Å². The Labute approximate surface area is 114 Å². The molecule has 1 aliphatic rings. The van der Waals surface area contributed by atoms with Gasteiger partial charge in [-0.1, -0.05) is 13.5 Å². The molecule has 4 atom stereocenters. The van der Waals surface area contributed by atoms with E-state index in [0.717, 1.165) is 17.6 Å². The minimum atomic E-state index is -0.517. The Bertz CT molecular complexity index is 372. The maximum absolute atomic E-state index is 12.0. The fourth-order valence-corrected chi connectivity index (χ4v) is 2.49. The molecule has 0 bridgehead atoms. The van der Waals surface area contributed by atoms with Crippen LogP contribution in [0.5, 0.6) is 0 Å². The molecule has 1 rings (SSSR count). The van der Waals surface area contributed by atoms with Gasteiger partial charge in [-0.15, -0.1) is 0 Å². The third kappa shape index (κ3) is 4.27. The Morgan fingerprint density at radius 2 is 2.21 bits per heavy atom. The van der Waals surface area contributed by atoms with Crippen molar-refractivity contribution in [1.29, 1.82) is 0 Å². The number of hydrogen-bond donors (Lipinski definition) is 2. The van der Waals surface area contributed by atoms with Crippen LogP contribution in [0.25, 0.3) is 0 Å². The smallest absolute Gasteiger partial charge is 0.159 e. The molecule has 19 heavy (non-hydrogen) atoms. The molecule has 0 aromatic rings. The summed E-state index contributed by atoms with van der Waals surface area (Å²) in [7, 11) is 0. The van der Waals surface area contributed by atoms with Gasteiger partial charge in [0.05, 0.1) is 6.10 Å². The van der Waals surface area contributed by atoms with Gasteiger partial charge < -0.3 is 5.11 Å². The van der Waals surface area contributed by atoms with E-state index in [1.54, 1.807) is 19.9 Å². The molecule has 0 aliphatic heterocycles. The van der Waals surface area contributed by atoms with Gasteiger partial charge in [0.1, 0.15) is 6.10 Å². The van der Waals surface area contributed by atoms with Gasteiger partial charge in [-0.3, -0.25) is 10.1 Å². The number of hydrogen-bond acceptors (Lipinski definition) is 4. The zero-order chi connectivity index (χ0) is 14.6. The summed E-state index contributed by atoms with van der Waals surface area (Å²) in [6, 6.07) is 0. The number of aliphatic hydroxyl groups excluding tert-OH is 1. The molecule has 4 heteroatoms. The standard InChI is InChI=1S/C15H24O4/c1-9(2)15(19-18)6-5-10(3)12-8-13(16)11(4)7-14(12)17/h7,10,12-13,15-16,18H,1,5-6,8H2,2-4H3. The molecule has 2 N–H and O–H groups in total. The molecule has 0 spiro atoms. The van der Waals surface area contributed by atoms with E-state index in [9.17, 15) is 9.90 Å². The zero-order valence-corrected chi connectivity index (χ0v) is 11.9. The predicted molar refractivity (Wildman–Crippen MR) is 73.6 cm³/mol. The lowest BCUT2D eigenvalue weighted by atomic mass is 9.77. The first-order chi connectivity index (χ1) is 8.86. The Kier molecular flexibility index (Phi) is 5.91. The number of allylic oxidation sites excluding steroid dienone is 1. The average Bonchev–Trinajstić information content (AvgIpc) is 2.33. The van der Waals surface area contributed by atoms with Crippen LogP contribution in [0, 0.1) is 11.8 Å². The van der Waals surface area contributed by atoms with Crippen molar-refractivity contribution < 1.29 is 20.0 Å². The van der Waals surface area contributed by atoms with Crippen LogP contribution in [0.2, 0.25) is 0 Å². The van der Waals surface area contributed by atoms with Crippen molar-refractivity contribution in [2.45, 2.75) is 52.2 Å². The maximum Gasteiger partial charge on any atom is 0.159 e. The summed E-state index contributed by atoms with van der Waals surface area (Å²) in [5, 5.41) is 18.6. The number of carbonyl (C=O) groups is 1. The highest BCUT2D eigenvalue weighted by atomic mass is 17.1. The summed E-state index contributed by atoms with van der Waals surface area (Å²) < 4.78 is 0. The second kappa shape index (κ2) is 6.98. The van der Waals surface area contributed by atoms with E-state index >= 15 is 0 Å². The van der Waals surface area contributed by atoms with Gasteiger partial charge in [0.2, 0.25) is 0 Å². The van der Waals surface area contributed by atoms with E-state index < -0.39 is 6.10 Å². The van der Waals surface area contributed by atoms with Crippen molar-refractivity contribution in [1.82, 2.24) is 0 Å². The first-order valence-electron chi connectivity index (χ1n) is 6.72. The van der Waals surface area contributed by atoms with Gasteiger partial charge in [-0.05, 0) is 56.3 Å². The highest BCUT2D eigenvalue weighted by molar-refractivity contribution is 5.93. The number of aliphatic hydroxyl groups is 1. The summed E-state index contributed by atoms with van der Waals surface area (Å²) in [5.74, 6) is 0.0822. The Morgan fingerprint density at radius 3 is 2.74 bits per heavy atom. The van der Waals surface area contributed by atoms with E-state index in [4.69, 9.17) is 5.26 Å². The Morgan fingerprint density at radius 1 is 1.58 bits per heavy atom.